The molecule has 0 radical (unpaired) electrons. The first kappa shape index (κ1) is 11.4. The van der Waals surface area contributed by atoms with E-state index in [0.717, 1.165) is 10.4 Å². The summed E-state index contributed by atoms with van der Waals surface area (Å²) in [4.78, 5) is 37.6. The molecule has 0 aliphatic carbocycles. The second kappa shape index (κ2) is 4.20. The first-order valence-electron chi connectivity index (χ1n) is 5.88. The van der Waals surface area contributed by atoms with E-state index in [1.54, 1.807) is 4.90 Å². The van der Waals surface area contributed by atoms with Crippen molar-refractivity contribution in [3.05, 3.63) is 21.9 Å². The fourth-order valence-corrected chi connectivity index (χ4v) is 3.32. The molecule has 1 aromatic rings. The van der Waals surface area contributed by atoms with Gasteiger partial charge in [0.15, 0.2) is 0 Å². The lowest BCUT2D eigenvalue weighted by Crippen LogP contribution is -2.46. The van der Waals surface area contributed by atoms with Gasteiger partial charge in [-0.2, -0.15) is 0 Å². The molecule has 0 aromatic carbocycles. The molecule has 3 rings (SSSR count). The standard InChI is InChI=1S/C12H12N2O3S/c15-9-3-1-2-8(11(16)13-9)14-6-7-4-5-18-10(7)12(14)17/h4-5,8H,1-3,6H2,(H,13,15,16)/t8-/m0/s1. The highest BCUT2D eigenvalue weighted by Crippen LogP contribution is 2.30. The maximum absolute atomic E-state index is 12.2. The molecule has 18 heavy (non-hydrogen) atoms. The van der Waals surface area contributed by atoms with Gasteiger partial charge in [0.25, 0.3) is 5.91 Å². The molecule has 3 heterocycles. The summed E-state index contributed by atoms with van der Waals surface area (Å²) in [6, 6.07) is 1.40. The van der Waals surface area contributed by atoms with Crippen molar-refractivity contribution in [2.75, 3.05) is 0 Å². The number of nitrogens with zero attached hydrogens (tertiary/aromatic N) is 1. The molecule has 5 nitrogen and oxygen atoms in total. The topological polar surface area (TPSA) is 66.5 Å². The number of hydrogen-bond donors (Lipinski definition) is 1. The number of carbonyl (C=O) groups is 3. The van der Waals surface area contributed by atoms with Crippen molar-refractivity contribution in [3.8, 4) is 0 Å². The number of thiophene rings is 1. The van der Waals surface area contributed by atoms with Crippen LogP contribution in [0.5, 0.6) is 0 Å². The van der Waals surface area contributed by atoms with Gasteiger partial charge in [-0.15, -0.1) is 11.3 Å². The Kier molecular flexibility index (Phi) is 2.66. The maximum atomic E-state index is 12.2. The van der Waals surface area contributed by atoms with E-state index >= 15 is 0 Å². The Morgan fingerprint density at radius 3 is 2.94 bits per heavy atom. The summed E-state index contributed by atoms with van der Waals surface area (Å²) in [6.07, 6.45) is 1.55. The van der Waals surface area contributed by atoms with Crippen LogP contribution in [0.25, 0.3) is 0 Å². The van der Waals surface area contributed by atoms with Gasteiger partial charge >= 0.3 is 0 Å². The van der Waals surface area contributed by atoms with Crippen molar-refractivity contribution >= 4 is 29.1 Å². The average molecular weight is 264 g/mol. The largest absolute Gasteiger partial charge is 0.322 e. The number of hydrogen-bond acceptors (Lipinski definition) is 4. The van der Waals surface area contributed by atoms with Gasteiger partial charge in [0.05, 0.1) is 4.88 Å². The number of amides is 3. The summed E-state index contributed by atoms with van der Waals surface area (Å²) in [5, 5.41) is 4.23. The molecule has 0 unspecified atom stereocenters. The van der Waals surface area contributed by atoms with Crippen LogP contribution in [0, 0.1) is 0 Å². The highest BCUT2D eigenvalue weighted by Gasteiger charge is 2.38. The summed E-state index contributed by atoms with van der Waals surface area (Å²) in [5.74, 6) is -0.681. The van der Waals surface area contributed by atoms with Gasteiger partial charge in [0, 0.05) is 13.0 Å². The van der Waals surface area contributed by atoms with Crippen LogP contribution >= 0.6 is 11.3 Å². The molecule has 1 saturated heterocycles. The Labute approximate surface area is 108 Å². The summed E-state index contributed by atoms with van der Waals surface area (Å²) >= 11 is 1.41. The number of imide groups is 1. The van der Waals surface area contributed by atoms with Gasteiger partial charge in [-0.1, -0.05) is 0 Å². The van der Waals surface area contributed by atoms with E-state index in [1.165, 1.54) is 11.3 Å². The van der Waals surface area contributed by atoms with Crippen molar-refractivity contribution in [1.29, 1.82) is 0 Å². The summed E-state index contributed by atoms with van der Waals surface area (Å²) in [7, 11) is 0. The van der Waals surface area contributed by atoms with E-state index in [9.17, 15) is 14.4 Å². The second-order valence-corrected chi connectivity index (χ2v) is 5.44. The predicted molar refractivity (Wildman–Crippen MR) is 65.0 cm³/mol. The Hall–Kier alpha value is -1.69. The molecule has 1 fully saturated rings. The highest BCUT2D eigenvalue weighted by molar-refractivity contribution is 7.12. The minimum absolute atomic E-state index is 0.0884. The summed E-state index contributed by atoms with van der Waals surface area (Å²) < 4.78 is 0. The molecular formula is C12H12N2O3S. The van der Waals surface area contributed by atoms with Crippen LogP contribution in [0.2, 0.25) is 0 Å². The van der Waals surface area contributed by atoms with E-state index in [-0.39, 0.29) is 17.7 Å². The van der Waals surface area contributed by atoms with Crippen LogP contribution in [-0.2, 0) is 16.1 Å². The fourth-order valence-electron chi connectivity index (χ4n) is 2.45. The minimum atomic E-state index is -0.511. The van der Waals surface area contributed by atoms with E-state index in [1.807, 2.05) is 11.4 Å². The number of rotatable bonds is 1. The van der Waals surface area contributed by atoms with Crippen molar-refractivity contribution < 1.29 is 14.4 Å². The fraction of sp³-hybridized carbons (Fsp3) is 0.417. The Morgan fingerprint density at radius 2 is 2.17 bits per heavy atom. The first-order chi connectivity index (χ1) is 8.66. The van der Waals surface area contributed by atoms with Gasteiger partial charge in [-0.25, -0.2) is 0 Å². The zero-order valence-corrected chi connectivity index (χ0v) is 10.5. The highest BCUT2D eigenvalue weighted by atomic mass is 32.1. The molecule has 6 heteroatoms. The monoisotopic (exact) mass is 264 g/mol. The Morgan fingerprint density at radius 1 is 1.33 bits per heavy atom. The smallest absolute Gasteiger partial charge is 0.265 e. The van der Waals surface area contributed by atoms with Gasteiger partial charge in [-0.3, -0.25) is 19.7 Å². The van der Waals surface area contributed by atoms with Gasteiger partial charge < -0.3 is 4.90 Å². The van der Waals surface area contributed by atoms with Crippen LogP contribution in [0.15, 0.2) is 11.4 Å². The van der Waals surface area contributed by atoms with Gasteiger partial charge in [0.2, 0.25) is 11.8 Å². The molecule has 1 aromatic heterocycles. The lowest BCUT2D eigenvalue weighted by molar-refractivity contribution is -0.132. The first-order valence-corrected chi connectivity index (χ1v) is 6.76. The Balaban J connectivity index is 1.84. The lowest BCUT2D eigenvalue weighted by Gasteiger charge is -2.24. The van der Waals surface area contributed by atoms with Gasteiger partial charge in [-0.05, 0) is 29.9 Å². The minimum Gasteiger partial charge on any atom is -0.322 e. The zero-order chi connectivity index (χ0) is 12.7. The number of fused-ring (bicyclic) bond motifs is 1. The van der Waals surface area contributed by atoms with Crippen LogP contribution in [0.3, 0.4) is 0 Å². The van der Waals surface area contributed by atoms with E-state index in [2.05, 4.69) is 5.32 Å². The Bertz CT molecular complexity index is 537. The maximum Gasteiger partial charge on any atom is 0.265 e. The molecular weight excluding hydrogens is 252 g/mol. The zero-order valence-electron chi connectivity index (χ0n) is 9.64. The third-order valence-corrected chi connectivity index (χ3v) is 4.31. The van der Waals surface area contributed by atoms with Gasteiger partial charge in [0.1, 0.15) is 6.04 Å². The molecule has 1 N–H and O–H groups in total. The van der Waals surface area contributed by atoms with Crippen molar-refractivity contribution in [3.63, 3.8) is 0 Å². The normalized spacial score (nSPS) is 23.9. The average Bonchev–Trinajstić information content (AvgIpc) is 2.84. The molecule has 0 spiro atoms. The van der Waals surface area contributed by atoms with E-state index in [0.29, 0.717) is 25.8 Å². The molecule has 2 aliphatic heterocycles. The second-order valence-electron chi connectivity index (χ2n) is 4.53. The van der Waals surface area contributed by atoms with Crippen LogP contribution in [0.1, 0.15) is 34.5 Å². The number of carbonyl (C=O) groups excluding carboxylic acids is 3. The third kappa shape index (κ3) is 1.73. The molecule has 94 valence electrons. The van der Waals surface area contributed by atoms with Crippen molar-refractivity contribution in [2.45, 2.75) is 31.8 Å². The van der Waals surface area contributed by atoms with E-state index in [4.69, 9.17) is 0 Å². The number of nitrogens with one attached hydrogen (secondary N) is 1. The molecule has 2 aliphatic rings. The quantitative estimate of drug-likeness (QED) is 0.766. The lowest BCUT2D eigenvalue weighted by atomic mass is 10.1. The van der Waals surface area contributed by atoms with E-state index < -0.39 is 6.04 Å². The third-order valence-electron chi connectivity index (χ3n) is 3.37. The van der Waals surface area contributed by atoms with Crippen molar-refractivity contribution in [2.24, 2.45) is 0 Å². The van der Waals surface area contributed by atoms with Crippen LogP contribution < -0.4 is 5.32 Å². The SMILES string of the molecule is O=C1CCC[C@H](N2Cc3ccsc3C2=O)C(=O)N1. The molecule has 1 atom stereocenters. The van der Waals surface area contributed by atoms with Crippen molar-refractivity contribution in [1.82, 2.24) is 10.2 Å². The predicted octanol–water partition coefficient (Wildman–Crippen LogP) is 0.899. The summed E-state index contributed by atoms with van der Waals surface area (Å²) in [5.41, 5.74) is 0.980. The molecule has 0 saturated carbocycles. The van der Waals surface area contributed by atoms with Crippen LogP contribution in [0.4, 0.5) is 0 Å². The van der Waals surface area contributed by atoms with Crippen LogP contribution in [-0.4, -0.2) is 28.7 Å². The summed E-state index contributed by atoms with van der Waals surface area (Å²) in [6.45, 7) is 0.476. The molecule has 0 bridgehead atoms. The molecule has 3 amide bonds.